The second-order valence-corrected chi connectivity index (χ2v) is 7.43. The molecule has 6 heteroatoms. The number of nitriles is 1. The Bertz CT molecular complexity index is 637. The Morgan fingerprint density at radius 2 is 2.23 bits per heavy atom. The second kappa shape index (κ2) is 7.73. The average Bonchev–Trinajstić information content (AvgIpc) is 2.55. The van der Waals surface area contributed by atoms with Crippen molar-refractivity contribution in [3.8, 4) is 6.07 Å². The lowest BCUT2D eigenvalue weighted by Crippen LogP contribution is -2.43. The third-order valence-electron chi connectivity index (χ3n) is 4.03. The highest BCUT2D eigenvalue weighted by Gasteiger charge is 2.33. The smallest absolute Gasteiger partial charge is 0.243 e. The maximum Gasteiger partial charge on any atom is 0.243 e. The Labute approximate surface area is 132 Å². The summed E-state index contributed by atoms with van der Waals surface area (Å²) >= 11 is 0. The minimum Gasteiger partial charge on any atom is -0.385 e. The van der Waals surface area contributed by atoms with E-state index < -0.39 is 10.0 Å². The molecule has 1 atom stereocenters. The van der Waals surface area contributed by atoms with Crippen LogP contribution in [0.3, 0.4) is 0 Å². The van der Waals surface area contributed by atoms with Gasteiger partial charge in [0.1, 0.15) is 0 Å². The fourth-order valence-corrected chi connectivity index (χ4v) is 4.67. The van der Waals surface area contributed by atoms with E-state index in [2.05, 4.69) is 0 Å². The van der Waals surface area contributed by atoms with Gasteiger partial charge in [-0.3, -0.25) is 0 Å². The highest BCUT2D eigenvalue weighted by molar-refractivity contribution is 7.89. The van der Waals surface area contributed by atoms with Crippen LogP contribution in [0.2, 0.25) is 0 Å². The van der Waals surface area contributed by atoms with E-state index in [4.69, 9.17) is 10.00 Å². The van der Waals surface area contributed by atoms with Crippen LogP contribution in [0.5, 0.6) is 0 Å². The number of hydrogen-bond donors (Lipinski definition) is 0. The molecule has 0 aromatic heterocycles. The largest absolute Gasteiger partial charge is 0.385 e. The zero-order valence-electron chi connectivity index (χ0n) is 12.9. The van der Waals surface area contributed by atoms with Crippen LogP contribution in [-0.2, 0) is 14.8 Å². The minimum absolute atomic E-state index is 0.0274. The van der Waals surface area contributed by atoms with Crippen LogP contribution in [0.1, 0.15) is 37.7 Å². The van der Waals surface area contributed by atoms with Gasteiger partial charge in [-0.05, 0) is 43.9 Å². The number of ether oxygens (including phenoxy) is 1. The van der Waals surface area contributed by atoms with E-state index in [1.165, 1.54) is 6.07 Å². The molecule has 1 fully saturated rings. The van der Waals surface area contributed by atoms with Crippen molar-refractivity contribution < 1.29 is 13.2 Å². The summed E-state index contributed by atoms with van der Waals surface area (Å²) in [7, 11) is -1.88. The first kappa shape index (κ1) is 16.9. The molecule has 0 amide bonds. The molecule has 1 heterocycles. The molecule has 1 aliphatic heterocycles. The maximum absolute atomic E-state index is 12.9. The molecule has 0 N–H and O–H groups in total. The normalized spacial score (nSPS) is 19.7. The molecule has 0 spiro atoms. The van der Waals surface area contributed by atoms with Crippen LogP contribution in [0.4, 0.5) is 0 Å². The molecule has 5 nitrogen and oxygen atoms in total. The standard InChI is InChI=1S/C16H22N2O3S/c1-21-11-5-8-15-7-2-3-10-18(15)22(19,20)16-9-4-6-14(12-16)13-17/h4,6,9,12,15H,2-3,5,7-8,10-11H2,1H3/t15-/m0/s1. The number of sulfonamides is 1. The quantitative estimate of drug-likeness (QED) is 0.755. The molecular weight excluding hydrogens is 300 g/mol. The van der Waals surface area contributed by atoms with Gasteiger partial charge in [-0.25, -0.2) is 8.42 Å². The van der Waals surface area contributed by atoms with Gasteiger partial charge in [-0.1, -0.05) is 12.5 Å². The molecule has 120 valence electrons. The van der Waals surface area contributed by atoms with Gasteiger partial charge in [0.05, 0.1) is 16.5 Å². The predicted octanol–water partition coefficient (Wildman–Crippen LogP) is 2.53. The van der Waals surface area contributed by atoms with E-state index in [0.717, 1.165) is 32.1 Å². The van der Waals surface area contributed by atoms with E-state index >= 15 is 0 Å². The molecule has 0 unspecified atom stereocenters. The molecule has 2 rings (SSSR count). The third kappa shape index (κ3) is 3.86. The minimum atomic E-state index is -3.54. The first-order chi connectivity index (χ1) is 10.6. The van der Waals surface area contributed by atoms with Crippen LogP contribution in [0, 0.1) is 11.3 Å². The van der Waals surface area contributed by atoms with Crippen molar-refractivity contribution in [2.75, 3.05) is 20.3 Å². The average molecular weight is 322 g/mol. The monoisotopic (exact) mass is 322 g/mol. The molecule has 0 saturated carbocycles. The van der Waals surface area contributed by atoms with Gasteiger partial charge < -0.3 is 4.74 Å². The highest BCUT2D eigenvalue weighted by Crippen LogP contribution is 2.28. The van der Waals surface area contributed by atoms with Gasteiger partial charge in [0, 0.05) is 26.3 Å². The summed E-state index contributed by atoms with van der Waals surface area (Å²) in [5.74, 6) is 0. The van der Waals surface area contributed by atoms with Crippen molar-refractivity contribution in [1.82, 2.24) is 4.31 Å². The van der Waals surface area contributed by atoms with Crippen molar-refractivity contribution in [2.24, 2.45) is 0 Å². The number of piperidine rings is 1. The highest BCUT2D eigenvalue weighted by atomic mass is 32.2. The summed E-state index contributed by atoms with van der Waals surface area (Å²) in [6, 6.07) is 8.28. The van der Waals surface area contributed by atoms with Crippen molar-refractivity contribution in [1.29, 1.82) is 5.26 Å². The molecule has 0 aliphatic carbocycles. The summed E-state index contributed by atoms with van der Waals surface area (Å²) in [5, 5.41) is 8.96. The SMILES string of the molecule is COCCC[C@@H]1CCCCN1S(=O)(=O)c1cccc(C#N)c1. The van der Waals surface area contributed by atoms with Crippen LogP contribution in [0.25, 0.3) is 0 Å². The van der Waals surface area contributed by atoms with E-state index in [9.17, 15) is 8.42 Å². The second-order valence-electron chi connectivity index (χ2n) is 5.54. The molecular formula is C16H22N2O3S. The molecule has 0 radical (unpaired) electrons. The number of nitrogens with zero attached hydrogens (tertiary/aromatic N) is 2. The van der Waals surface area contributed by atoms with E-state index in [-0.39, 0.29) is 10.9 Å². The zero-order valence-corrected chi connectivity index (χ0v) is 13.7. The molecule has 1 saturated heterocycles. The van der Waals surface area contributed by atoms with Crippen molar-refractivity contribution in [3.05, 3.63) is 29.8 Å². The summed E-state index contributed by atoms with van der Waals surface area (Å²) in [6.45, 7) is 1.20. The molecule has 1 aromatic rings. The third-order valence-corrected chi connectivity index (χ3v) is 5.98. The van der Waals surface area contributed by atoms with Gasteiger partial charge in [-0.2, -0.15) is 9.57 Å². The Kier molecular flexibility index (Phi) is 5.95. The molecule has 1 aromatic carbocycles. The Hall–Kier alpha value is -1.42. The summed E-state index contributed by atoms with van der Waals surface area (Å²) in [4.78, 5) is 0.213. The van der Waals surface area contributed by atoms with Gasteiger partial charge in [0.25, 0.3) is 0 Å². The lowest BCUT2D eigenvalue weighted by Gasteiger charge is -2.34. The van der Waals surface area contributed by atoms with Gasteiger partial charge >= 0.3 is 0 Å². The van der Waals surface area contributed by atoms with Crippen LogP contribution in [-0.4, -0.2) is 39.0 Å². The topological polar surface area (TPSA) is 70.4 Å². The van der Waals surface area contributed by atoms with Gasteiger partial charge in [-0.15, -0.1) is 0 Å². The fourth-order valence-electron chi connectivity index (χ4n) is 2.90. The van der Waals surface area contributed by atoms with Crippen molar-refractivity contribution in [3.63, 3.8) is 0 Å². The lowest BCUT2D eigenvalue weighted by atomic mass is 10.0. The first-order valence-corrected chi connectivity index (χ1v) is 9.04. The van der Waals surface area contributed by atoms with Crippen molar-refractivity contribution >= 4 is 10.0 Å². The van der Waals surface area contributed by atoms with Gasteiger partial charge in [0.15, 0.2) is 0 Å². The van der Waals surface area contributed by atoms with Crippen LogP contribution >= 0.6 is 0 Å². The number of benzene rings is 1. The Balaban J connectivity index is 2.22. The number of hydrogen-bond acceptors (Lipinski definition) is 4. The Morgan fingerprint density at radius 3 is 2.95 bits per heavy atom. The van der Waals surface area contributed by atoms with Gasteiger partial charge in [0.2, 0.25) is 10.0 Å². The van der Waals surface area contributed by atoms with E-state index in [0.29, 0.717) is 18.7 Å². The maximum atomic E-state index is 12.9. The number of methoxy groups -OCH3 is 1. The predicted molar refractivity (Wildman–Crippen MR) is 83.8 cm³/mol. The zero-order chi connectivity index (χ0) is 16.0. The van der Waals surface area contributed by atoms with Crippen LogP contribution < -0.4 is 0 Å². The first-order valence-electron chi connectivity index (χ1n) is 7.60. The number of rotatable bonds is 6. The fraction of sp³-hybridized carbons (Fsp3) is 0.562. The van der Waals surface area contributed by atoms with Crippen LogP contribution in [0.15, 0.2) is 29.2 Å². The summed E-state index contributed by atoms with van der Waals surface area (Å²) in [6.07, 6.45) is 4.50. The molecule has 1 aliphatic rings. The Morgan fingerprint density at radius 1 is 1.41 bits per heavy atom. The summed E-state index contributed by atoms with van der Waals surface area (Å²) in [5.41, 5.74) is 0.369. The van der Waals surface area contributed by atoms with E-state index in [1.54, 1.807) is 29.6 Å². The summed E-state index contributed by atoms with van der Waals surface area (Å²) < 4.78 is 32.4. The molecule has 0 bridgehead atoms. The molecule has 22 heavy (non-hydrogen) atoms. The lowest BCUT2D eigenvalue weighted by molar-refractivity contribution is 0.172. The van der Waals surface area contributed by atoms with Crippen molar-refractivity contribution in [2.45, 2.75) is 43.0 Å². The van der Waals surface area contributed by atoms with E-state index in [1.807, 2.05) is 6.07 Å².